The number of nitrogens with two attached hydrogens (primary N) is 1. The summed E-state index contributed by atoms with van der Waals surface area (Å²) in [5.41, 5.74) is -0.573. The molecule has 2 N–H and O–H groups in total. The van der Waals surface area contributed by atoms with Gasteiger partial charge in [-0.25, -0.2) is 31.3 Å². The summed E-state index contributed by atoms with van der Waals surface area (Å²) in [6.07, 6.45) is 0. The number of oxazole rings is 1. The Bertz CT molecular complexity index is 1230. The number of hydrogen-bond acceptors (Lipinski definition) is 5. The van der Waals surface area contributed by atoms with E-state index in [1.165, 1.54) is 0 Å². The average molecular weight is 457 g/mol. The lowest BCUT2D eigenvalue weighted by molar-refractivity contribution is -0.214. The van der Waals surface area contributed by atoms with Crippen molar-refractivity contribution in [2.24, 2.45) is 10.7 Å². The largest absolute Gasteiger partial charge is 0.436 e. The van der Waals surface area contributed by atoms with E-state index in [9.17, 15) is 17.6 Å². The summed E-state index contributed by atoms with van der Waals surface area (Å²) >= 11 is 0. The van der Waals surface area contributed by atoms with Gasteiger partial charge in [0.2, 0.25) is 5.89 Å². The molecule has 0 saturated heterocycles. The van der Waals surface area contributed by atoms with E-state index in [4.69, 9.17) is 14.9 Å². The Morgan fingerprint density at radius 3 is 2.25 bits per heavy atom. The first kappa shape index (κ1) is 22.1. The molecule has 11 heteroatoms. The number of fused-ring (bicyclic) bond motifs is 1. The van der Waals surface area contributed by atoms with E-state index < -0.39 is 64.0 Å². The third-order valence-corrected chi connectivity index (χ3v) is 5.56. The minimum Gasteiger partial charge on any atom is -0.436 e. The van der Waals surface area contributed by atoms with Crippen molar-refractivity contribution >= 4 is 16.9 Å². The maximum atomic E-state index is 15.6. The molecule has 1 aromatic heterocycles. The maximum absolute atomic E-state index is 15.6. The molecule has 0 bridgehead atoms. The van der Waals surface area contributed by atoms with Crippen LogP contribution in [0.1, 0.15) is 26.3 Å². The van der Waals surface area contributed by atoms with Crippen molar-refractivity contribution in [2.75, 3.05) is 6.61 Å². The van der Waals surface area contributed by atoms with Gasteiger partial charge in [-0.1, -0.05) is 0 Å². The lowest BCUT2D eigenvalue weighted by Gasteiger charge is -2.42. The minimum absolute atomic E-state index is 0.146. The SMILES string of the molecule is CC1(C)OCC(N)=NC(C)(c2cc(-c3nc4cc(F)c(F)cc4o3)c(F)cc2F)C1(F)F. The van der Waals surface area contributed by atoms with Gasteiger partial charge in [0.15, 0.2) is 22.8 Å². The highest BCUT2D eigenvalue weighted by molar-refractivity contribution is 5.83. The van der Waals surface area contributed by atoms with Crippen LogP contribution in [0.4, 0.5) is 26.3 Å². The van der Waals surface area contributed by atoms with Crippen molar-refractivity contribution in [3.63, 3.8) is 0 Å². The first-order valence-corrected chi connectivity index (χ1v) is 9.38. The van der Waals surface area contributed by atoms with Crippen LogP contribution in [-0.2, 0) is 10.3 Å². The number of benzene rings is 2. The van der Waals surface area contributed by atoms with Crippen LogP contribution in [-0.4, -0.2) is 29.0 Å². The number of rotatable bonds is 2. The molecule has 0 aliphatic carbocycles. The monoisotopic (exact) mass is 457 g/mol. The Morgan fingerprint density at radius 2 is 1.56 bits per heavy atom. The van der Waals surface area contributed by atoms with Crippen molar-refractivity contribution in [3.05, 3.63) is 53.1 Å². The molecule has 1 aliphatic rings. The maximum Gasteiger partial charge on any atom is 0.304 e. The summed E-state index contributed by atoms with van der Waals surface area (Å²) in [6, 6.07) is 2.58. The molecule has 1 atom stereocenters. The van der Waals surface area contributed by atoms with Gasteiger partial charge in [-0.2, -0.15) is 0 Å². The summed E-state index contributed by atoms with van der Waals surface area (Å²) in [5, 5.41) is 0. The number of halogens is 6. The molecule has 5 nitrogen and oxygen atoms in total. The quantitative estimate of drug-likeness (QED) is 0.546. The van der Waals surface area contributed by atoms with Gasteiger partial charge in [-0.3, -0.25) is 4.99 Å². The topological polar surface area (TPSA) is 73.6 Å². The van der Waals surface area contributed by atoms with Gasteiger partial charge in [0, 0.05) is 23.8 Å². The first-order chi connectivity index (χ1) is 14.8. The van der Waals surface area contributed by atoms with Crippen LogP contribution in [0.15, 0.2) is 33.7 Å². The van der Waals surface area contributed by atoms with Crippen molar-refractivity contribution < 1.29 is 35.5 Å². The molecular formula is C21H17F6N3O2. The van der Waals surface area contributed by atoms with Crippen LogP contribution in [0.3, 0.4) is 0 Å². The zero-order valence-corrected chi connectivity index (χ0v) is 17.1. The molecule has 3 aromatic rings. The first-order valence-electron chi connectivity index (χ1n) is 9.38. The van der Waals surface area contributed by atoms with Crippen LogP contribution in [0, 0.1) is 23.3 Å². The third-order valence-electron chi connectivity index (χ3n) is 5.56. The van der Waals surface area contributed by atoms with Gasteiger partial charge in [-0.05, 0) is 26.8 Å². The summed E-state index contributed by atoms with van der Waals surface area (Å²) < 4.78 is 98.0. The number of hydrogen-bond donors (Lipinski definition) is 1. The van der Waals surface area contributed by atoms with Crippen molar-refractivity contribution in [1.82, 2.24) is 4.98 Å². The second kappa shape index (κ2) is 6.96. The smallest absolute Gasteiger partial charge is 0.304 e. The molecule has 0 saturated carbocycles. The van der Waals surface area contributed by atoms with Gasteiger partial charge in [-0.15, -0.1) is 0 Å². The molecule has 2 aromatic carbocycles. The number of amidine groups is 1. The van der Waals surface area contributed by atoms with Crippen LogP contribution >= 0.6 is 0 Å². The molecule has 32 heavy (non-hydrogen) atoms. The Kier molecular flexibility index (Phi) is 4.81. The second-order valence-corrected chi connectivity index (χ2v) is 8.11. The fourth-order valence-electron chi connectivity index (χ4n) is 3.67. The van der Waals surface area contributed by atoms with E-state index >= 15 is 8.78 Å². The Labute approximate surface area is 177 Å². The van der Waals surface area contributed by atoms with Crippen LogP contribution < -0.4 is 5.73 Å². The fraction of sp³-hybridized carbons (Fsp3) is 0.333. The number of aliphatic imine (C=N–C) groups is 1. The average Bonchev–Trinajstić information content (AvgIpc) is 3.06. The van der Waals surface area contributed by atoms with E-state index in [1.807, 2.05) is 0 Å². The Hall–Kier alpha value is -3.08. The normalized spacial score (nSPS) is 22.6. The van der Waals surface area contributed by atoms with Crippen molar-refractivity contribution in [3.8, 4) is 11.5 Å². The minimum atomic E-state index is -3.80. The number of ether oxygens (including phenoxy) is 1. The van der Waals surface area contributed by atoms with E-state index in [-0.39, 0.29) is 16.9 Å². The summed E-state index contributed by atoms with van der Waals surface area (Å²) in [6.45, 7) is 2.74. The highest BCUT2D eigenvalue weighted by atomic mass is 19.3. The van der Waals surface area contributed by atoms with Crippen molar-refractivity contribution in [1.29, 1.82) is 0 Å². The molecule has 1 unspecified atom stereocenters. The lowest BCUT2D eigenvalue weighted by atomic mass is 9.77. The molecule has 1 aliphatic heterocycles. The predicted molar refractivity (Wildman–Crippen MR) is 103 cm³/mol. The second-order valence-electron chi connectivity index (χ2n) is 8.11. The summed E-state index contributed by atoms with van der Waals surface area (Å²) in [7, 11) is 0. The van der Waals surface area contributed by atoms with Gasteiger partial charge in [0.05, 0.1) is 5.56 Å². The van der Waals surface area contributed by atoms with Gasteiger partial charge < -0.3 is 14.9 Å². The third kappa shape index (κ3) is 3.14. The molecule has 0 fully saturated rings. The van der Waals surface area contributed by atoms with Crippen molar-refractivity contribution in [2.45, 2.75) is 37.8 Å². The summed E-state index contributed by atoms with van der Waals surface area (Å²) in [5.74, 6) is -9.53. The van der Waals surface area contributed by atoms with Crippen LogP contribution in [0.25, 0.3) is 22.6 Å². The molecule has 2 heterocycles. The van der Waals surface area contributed by atoms with Crippen LogP contribution in [0.2, 0.25) is 0 Å². The number of alkyl halides is 2. The molecule has 4 rings (SSSR count). The number of nitrogens with zero attached hydrogens (tertiary/aromatic N) is 2. The molecular weight excluding hydrogens is 440 g/mol. The molecule has 0 spiro atoms. The summed E-state index contributed by atoms with van der Waals surface area (Å²) in [4.78, 5) is 7.70. The number of aromatic nitrogens is 1. The molecule has 0 radical (unpaired) electrons. The van der Waals surface area contributed by atoms with E-state index in [1.54, 1.807) is 0 Å². The lowest BCUT2D eigenvalue weighted by Crippen LogP contribution is -2.56. The van der Waals surface area contributed by atoms with Gasteiger partial charge in [0.1, 0.15) is 35.2 Å². The van der Waals surface area contributed by atoms with Gasteiger partial charge >= 0.3 is 5.92 Å². The van der Waals surface area contributed by atoms with Gasteiger partial charge in [0.25, 0.3) is 0 Å². The highest BCUT2D eigenvalue weighted by Gasteiger charge is 2.64. The zero-order valence-electron chi connectivity index (χ0n) is 17.1. The van der Waals surface area contributed by atoms with Crippen LogP contribution in [0.5, 0.6) is 0 Å². The molecule has 170 valence electrons. The standard InChI is InChI=1S/C21H17F6N3O2/c1-19(2)21(26,27)20(3,30-17(28)8-31-19)10-4-9(11(22)5-12(10)23)18-29-15-6-13(24)14(25)7-16(15)32-18/h4-7H,8H2,1-3H3,(H2,28,30). The van der Waals surface area contributed by atoms with E-state index in [2.05, 4.69) is 9.98 Å². The Morgan fingerprint density at radius 1 is 0.906 bits per heavy atom. The zero-order chi connectivity index (χ0) is 23.6. The molecule has 0 amide bonds. The van der Waals surface area contributed by atoms with E-state index in [0.717, 1.165) is 32.9 Å². The fourth-order valence-corrected chi connectivity index (χ4v) is 3.67. The highest BCUT2D eigenvalue weighted by Crippen LogP contribution is 2.51. The van der Waals surface area contributed by atoms with E-state index in [0.29, 0.717) is 12.1 Å². The Balaban J connectivity index is 1.96. The predicted octanol–water partition coefficient (Wildman–Crippen LogP) is 5.07.